The van der Waals surface area contributed by atoms with Crippen molar-refractivity contribution in [3.05, 3.63) is 0 Å². The fourth-order valence-electron chi connectivity index (χ4n) is 5.10. The minimum atomic E-state index is -0.692. The van der Waals surface area contributed by atoms with Crippen molar-refractivity contribution in [1.82, 2.24) is 0 Å². The molecule has 132 valence electrons. The molecule has 0 N–H and O–H groups in total. The number of ketones is 1. The number of hydrogen-bond donors (Lipinski definition) is 0. The van der Waals surface area contributed by atoms with Crippen LogP contribution in [0, 0.1) is 16.7 Å². The van der Waals surface area contributed by atoms with Crippen molar-refractivity contribution in [2.75, 3.05) is 13.2 Å². The van der Waals surface area contributed by atoms with Crippen LogP contribution in [0.3, 0.4) is 0 Å². The molecule has 2 fully saturated rings. The van der Waals surface area contributed by atoms with Crippen molar-refractivity contribution in [2.24, 2.45) is 16.7 Å². The van der Waals surface area contributed by atoms with Crippen LogP contribution in [-0.4, -0.2) is 36.9 Å². The smallest absolute Gasteiger partial charge is 0.302 e. The number of ether oxygens (including phenoxy) is 3. The summed E-state index contributed by atoms with van der Waals surface area (Å²) in [5.74, 6) is -0.791. The Balaban J connectivity index is 2.19. The second-order valence-electron chi connectivity index (χ2n) is 8.46. The Hall–Kier alpha value is -0.940. The molecule has 5 heteroatoms. The highest BCUT2D eigenvalue weighted by Gasteiger charge is 2.58. The van der Waals surface area contributed by atoms with E-state index < -0.39 is 5.79 Å². The van der Waals surface area contributed by atoms with Crippen LogP contribution < -0.4 is 0 Å². The fourth-order valence-corrected chi connectivity index (χ4v) is 5.10. The summed E-state index contributed by atoms with van der Waals surface area (Å²) >= 11 is 0. The molecule has 0 aromatic rings. The van der Waals surface area contributed by atoms with Crippen LogP contribution in [0.15, 0.2) is 0 Å². The maximum Gasteiger partial charge on any atom is 0.302 e. The summed E-state index contributed by atoms with van der Waals surface area (Å²) in [7, 11) is 0. The summed E-state index contributed by atoms with van der Waals surface area (Å²) in [5, 5.41) is 0. The molecular weight excluding hydrogens is 296 g/mol. The second kappa shape index (κ2) is 6.17. The highest BCUT2D eigenvalue weighted by molar-refractivity contribution is 5.80. The van der Waals surface area contributed by atoms with E-state index in [9.17, 15) is 9.59 Å². The average Bonchev–Trinajstić information content (AvgIpc) is 2.31. The van der Waals surface area contributed by atoms with Gasteiger partial charge in [-0.2, -0.15) is 0 Å². The lowest BCUT2D eigenvalue weighted by molar-refractivity contribution is -0.338. The van der Waals surface area contributed by atoms with Gasteiger partial charge in [-0.1, -0.05) is 27.7 Å². The van der Waals surface area contributed by atoms with Crippen LogP contribution >= 0.6 is 0 Å². The Morgan fingerprint density at radius 3 is 2.13 bits per heavy atom. The topological polar surface area (TPSA) is 61.8 Å². The van der Waals surface area contributed by atoms with Gasteiger partial charge in [0.05, 0.1) is 12.7 Å². The molecule has 1 spiro atoms. The minimum absolute atomic E-state index is 0.0262. The first-order valence-electron chi connectivity index (χ1n) is 8.43. The highest BCUT2D eigenvalue weighted by atomic mass is 16.7. The Morgan fingerprint density at radius 2 is 1.65 bits per heavy atom. The molecule has 5 nitrogen and oxygen atoms in total. The number of Topliss-reactive ketones (excluding diaryl/α,β-unsaturated/α-hetero) is 1. The first kappa shape index (κ1) is 18.4. The molecular formula is C18H30O5. The number of hydrogen-bond acceptors (Lipinski definition) is 5. The number of rotatable bonds is 3. The Morgan fingerprint density at radius 1 is 1.09 bits per heavy atom. The zero-order valence-electron chi connectivity index (χ0n) is 15.2. The lowest BCUT2D eigenvalue weighted by atomic mass is 9.54. The van der Waals surface area contributed by atoms with E-state index in [1.807, 2.05) is 0 Å². The Kier molecular flexibility index (Phi) is 4.94. The number of esters is 1. The fraction of sp³-hybridized carbons (Fsp3) is 0.889. The molecule has 0 bridgehead atoms. The highest BCUT2D eigenvalue weighted by Crippen LogP contribution is 2.57. The van der Waals surface area contributed by atoms with Crippen LogP contribution in [0.25, 0.3) is 0 Å². The summed E-state index contributed by atoms with van der Waals surface area (Å²) in [5.41, 5.74) is -0.423. The zero-order valence-corrected chi connectivity index (χ0v) is 15.2. The van der Waals surface area contributed by atoms with Crippen molar-refractivity contribution in [1.29, 1.82) is 0 Å². The van der Waals surface area contributed by atoms with Gasteiger partial charge in [-0.3, -0.25) is 9.59 Å². The van der Waals surface area contributed by atoms with Crippen LogP contribution in [0.1, 0.15) is 60.8 Å². The standard InChI is InChI=1S/C18H30O5/c1-12(19)15-16(3,4)10-18(11-17(15,5)6)22-8-7-14(23-18)9-21-13(2)20/h14-15H,7-11H2,1-6H3. The van der Waals surface area contributed by atoms with Gasteiger partial charge >= 0.3 is 5.97 Å². The molecule has 0 amide bonds. The van der Waals surface area contributed by atoms with E-state index in [0.717, 1.165) is 0 Å². The predicted molar refractivity (Wildman–Crippen MR) is 85.8 cm³/mol. The Bertz CT molecular complexity index is 462. The molecule has 2 rings (SSSR count). The summed E-state index contributed by atoms with van der Waals surface area (Å²) in [6, 6.07) is 0. The van der Waals surface area contributed by atoms with Crippen LogP contribution in [-0.2, 0) is 23.8 Å². The third-order valence-electron chi connectivity index (χ3n) is 5.08. The van der Waals surface area contributed by atoms with E-state index in [-0.39, 0.29) is 41.2 Å². The maximum absolute atomic E-state index is 12.2. The van der Waals surface area contributed by atoms with Crippen molar-refractivity contribution in [3.8, 4) is 0 Å². The molecule has 1 atom stereocenters. The molecule has 0 aromatic carbocycles. The van der Waals surface area contributed by atoms with E-state index in [2.05, 4.69) is 27.7 Å². The molecule has 1 aliphatic carbocycles. The second-order valence-corrected chi connectivity index (χ2v) is 8.46. The lowest BCUT2D eigenvalue weighted by Gasteiger charge is -2.57. The van der Waals surface area contributed by atoms with Crippen LogP contribution in [0.2, 0.25) is 0 Å². The van der Waals surface area contributed by atoms with Crippen molar-refractivity contribution >= 4 is 11.8 Å². The zero-order chi connectivity index (χ0) is 17.5. The maximum atomic E-state index is 12.2. The summed E-state index contributed by atoms with van der Waals surface area (Å²) < 4.78 is 17.4. The molecule has 2 aliphatic rings. The normalized spacial score (nSPS) is 29.2. The van der Waals surface area contributed by atoms with Gasteiger partial charge in [-0.05, 0) is 17.8 Å². The van der Waals surface area contributed by atoms with E-state index in [0.29, 0.717) is 25.9 Å². The third kappa shape index (κ3) is 3.94. The van der Waals surface area contributed by atoms with E-state index in [4.69, 9.17) is 14.2 Å². The van der Waals surface area contributed by atoms with Gasteiger partial charge in [-0.25, -0.2) is 0 Å². The molecule has 0 radical (unpaired) electrons. The average molecular weight is 326 g/mol. The molecule has 1 saturated carbocycles. The lowest BCUT2D eigenvalue weighted by Crippen LogP contribution is -2.59. The molecule has 1 heterocycles. The van der Waals surface area contributed by atoms with Crippen LogP contribution in [0.5, 0.6) is 0 Å². The summed E-state index contributed by atoms with van der Waals surface area (Å²) in [6.07, 6.45) is 1.91. The first-order chi connectivity index (χ1) is 10.5. The van der Waals surface area contributed by atoms with Gasteiger partial charge in [-0.15, -0.1) is 0 Å². The molecule has 1 unspecified atom stereocenters. The Labute approximate surface area is 139 Å². The van der Waals surface area contributed by atoms with E-state index in [1.165, 1.54) is 6.92 Å². The van der Waals surface area contributed by atoms with Crippen molar-refractivity contribution < 1.29 is 23.8 Å². The van der Waals surface area contributed by atoms with Gasteiger partial charge in [0, 0.05) is 32.1 Å². The predicted octanol–water partition coefficient (Wildman–Crippen LogP) is 3.10. The van der Waals surface area contributed by atoms with Crippen molar-refractivity contribution in [3.63, 3.8) is 0 Å². The first-order valence-corrected chi connectivity index (χ1v) is 8.43. The van der Waals surface area contributed by atoms with E-state index >= 15 is 0 Å². The molecule has 0 aromatic heterocycles. The van der Waals surface area contributed by atoms with Gasteiger partial charge in [0.1, 0.15) is 12.4 Å². The van der Waals surface area contributed by atoms with Crippen LogP contribution in [0.4, 0.5) is 0 Å². The van der Waals surface area contributed by atoms with E-state index in [1.54, 1.807) is 6.92 Å². The largest absolute Gasteiger partial charge is 0.463 e. The monoisotopic (exact) mass is 326 g/mol. The van der Waals surface area contributed by atoms with Gasteiger partial charge in [0.2, 0.25) is 0 Å². The summed E-state index contributed by atoms with van der Waals surface area (Å²) in [6.45, 7) is 12.4. The quantitative estimate of drug-likeness (QED) is 0.746. The number of carbonyl (C=O) groups excluding carboxylic acids is 2. The van der Waals surface area contributed by atoms with Gasteiger partial charge in [0.15, 0.2) is 5.79 Å². The SMILES string of the molecule is CC(=O)OCC1CCOC2(CC(C)(C)C(C(C)=O)C(C)(C)C2)O1. The van der Waals surface area contributed by atoms with Gasteiger partial charge < -0.3 is 14.2 Å². The molecule has 23 heavy (non-hydrogen) atoms. The third-order valence-corrected chi connectivity index (χ3v) is 5.08. The molecule has 1 aliphatic heterocycles. The van der Waals surface area contributed by atoms with Gasteiger partial charge in [0.25, 0.3) is 0 Å². The molecule has 1 saturated heterocycles. The summed E-state index contributed by atoms with van der Waals surface area (Å²) in [4.78, 5) is 23.2. The van der Waals surface area contributed by atoms with Crippen molar-refractivity contribution in [2.45, 2.75) is 72.7 Å². The minimum Gasteiger partial charge on any atom is -0.463 e. The number of carbonyl (C=O) groups is 2.